The second-order valence-corrected chi connectivity index (χ2v) is 4.87. The van der Waals surface area contributed by atoms with Gasteiger partial charge >= 0.3 is 0 Å². The number of hydrogen-bond acceptors (Lipinski definition) is 2. The molecule has 15 heavy (non-hydrogen) atoms. The molecule has 1 fully saturated rings. The van der Waals surface area contributed by atoms with Crippen molar-refractivity contribution in [2.45, 2.75) is 51.5 Å². The molecule has 1 N–H and O–H groups in total. The first-order valence-corrected chi connectivity index (χ1v) is 6.63. The number of likely N-dealkylation sites (tertiary alicyclic amines) is 1. The molecule has 0 radical (unpaired) electrons. The van der Waals surface area contributed by atoms with Gasteiger partial charge in [-0.15, -0.1) is 0 Å². The lowest BCUT2D eigenvalue weighted by molar-refractivity contribution is 0.291. The van der Waals surface area contributed by atoms with Crippen LogP contribution in [0.3, 0.4) is 0 Å². The third-order valence-electron chi connectivity index (χ3n) is 3.25. The summed E-state index contributed by atoms with van der Waals surface area (Å²) in [6.07, 6.45) is 7.46. The fourth-order valence-corrected chi connectivity index (χ4v) is 2.43. The van der Waals surface area contributed by atoms with Gasteiger partial charge in [-0.25, -0.2) is 0 Å². The van der Waals surface area contributed by atoms with E-state index in [1.807, 2.05) is 0 Å². The first kappa shape index (κ1) is 12.9. The summed E-state index contributed by atoms with van der Waals surface area (Å²) in [6.45, 7) is 4.54. The average molecular weight is 228 g/mol. The number of piperidine rings is 1. The summed E-state index contributed by atoms with van der Waals surface area (Å²) >= 11 is 5.47. The van der Waals surface area contributed by atoms with E-state index in [0.29, 0.717) is 6.04 Å². The topological polar surface area (TPSA) is 15.3 Å². The molecule has 1 aliphatic heterocycles. The van der Waals surface area contributed by atoms with E-state index in [4.69, 9.17) is 12.2 Å². The lowest BCUT2D eigenvalue weighted by Gasteiger charge is -2.33. The first-order valence-electron chi connectivity index (χ1n) is 6.23. The zero-order valence-electron chi connectivity index (χ0n) is 10.1. The molecule has 0 unspecified atom stereocenters. The Labute approximate surface area is 99.4 Å². The Morgan fingerprint density at radius 2 is 2.00 bits per heavy atom. The normalized spacial score (nSPS) is 18.1. The van der Waals surface area contributed by atoms with Gasteiger partial charge in [0.25, 0.3) is 0 Å². The molecular formula is C12H24N2S. The Hall–Kier alpha value is -0.150. The van der Waals surface area contributed by atoms with Crippen LogP contribution in [-0.2, 0) is 0 Å². The van der Waals surface area contributed by atoms with Crippen LogP contribution in [-0.4, -0.2) is 36.1 Å². The summed E-state index contributed by atoms with van der Waals surface area (Å²) in [6, 6.07) is 0.708. The smallest absolute Gasteiger partial charge is 0.0779 e. The maximum Gasteiger partial charge on any atom is 0.0779 e. The number of nitrogens with one attached hydrogen (secondary N) is 1. The van der Waals surface area contributed by atoms with Crippen molar-refractivity contribution in [2.75, 3.05) is 20.1 Å². The first-order chi connectivity index (χ1) is 7.27. The quantitative estimate of drug-likeness (QED) is 0.575. The zero-order chi connectivity index (χ0) is 11.1. The summed E-state index contributed by atoms with van der Waals surface area (Å²) in [5.74, 6) is 0. The van der Waals surface area contributed by atoms with Crippen molar-refractivity contribution in [2.24, 2.45) is 0 Å². The summed E-state index contributed by atoms with van der Waals surface area (Å²) < 4.78 is 0. The fourth-order valence-electron chi connectivity index (χ4n) is 2.10. The molecule has 1 rings (SSSR count). The van der Waals surface area contributed by atoms with E-state index in [9.17, 15) is 0 Å². The van der Waals surface area contributed by atoms with E-state index in [-0.39, 0.29) is 0 Å². The van der Waals surface area contributed by atoms with Gasteiger partial charge in [0, 0.05) is 19.1 Å². The molecule has 0 spiro atoms. The van der Waals surface area contributed by atoms with E-state index < -0.39 is 0 Å². The molecule has 0 aromatic heterocycles. The summed E-state index contributed by atoms with van der Waals surface area (Å²) in [5, 5.41) is 3.35. The highest BCUT2D eigenvalue weighted by molar-refractivity contribution is 7.80. The van der Waals surface area contributed by atoms with E-state index in [1.165, 1.54) is 37.1 Å². The van der Waals surface area contributed by atoms with Gasteiger partial charge in [0.05, 0.1) is 4.99 Å². The third-order valence-corrected chi connectivity index (χ3v) is 3.71. The van der Waals surface area contributed by atoms with Crippen LogP contribution in [0.15, 0.2) is 0 Å². The van der Waals surface area contributed by atoms with Crippen LogP contribution in [0.2, 0.25) is 0 Å². The second-order valence-electron chi connectivity index (χ2n) is 4.40. The molecule has 0 saturated carbocycles. The number of rotatable bonds is 5. The Morgan fingerprint density at radius 1 is 1.33 bits per heavy atom. The maximum absolute atomic E-state index is 5.47. The Balaban J connectivity index is 2.18. The molecule has 1 heterocycles. The molecule has 0 amide bonds. The highest BCUT2D eigenvalue weighted by Crippen LogP contribution is 2.13. The number of nitrogens with zero attached hydrogens (tertiary/aromatic N) is 1. The van der Waals surface area contributed by atoms with Gasteiger partial charge in [-0.2, -0.15) is 0 Å². The fraction of sp³-hybridized carbons (Fsp3) is 0.917. The average Bonchev–Trinajstić information content (AvgIpc) is 2.29. The Bertz CT molecular complexity index is 186. The molecule has 0 aliphatic carbocycles. The van der Waals surface area contributed by atoms with E-state index >= 15 is 0 Å². The minimum atomic E-state index is 0.708. The maximum atomic E-state index is 5.47. The van der Waals surface area contributed by atoms with Gasteiger partial charge in [-0.05, 0) is 32.7 Å². The van der Waals surface area contributed by atoms with Gasteiger partial charge < -0.3 is 10.2 Å². The molecule has 88 valence electrons. The van der Waals surface area contributed by atoms with Crippen LogP contribution in [0, 0.1) is 0 Å². The van der Waals surface area contributed by atoms with Crippen molar-refractivity contribution in [3.8, 4) is 0 Å². The second kappa shape index (κ2) is 7.18. The SMILES string of the molecule is CCCCCC(=S)N1CCC(NC)CC1. The van der Waals surface area contributed by atoms with Gasteiger partial charge in [0.15, 0.2) is 0 Å². The number of thiocarbonyl (C=S) groups is 1. The van der Waals surface area contributed by atoms with Gasteiger partial charge in [-0.1, -0.05) is 32.0 Å². The monoisotopic (exact) mass is 228 g/mol. The van der Waals surface area contributed by atoms with Crippen molar-refractivity contribution in [3.05, 3.63) is 0 Å². The van der Waals surface area contributed by atoms with E-state index in [2.05, 4.69) is 24.2 Å². The molecule has 0 aromatic carbocycles. The van der Waals surface area contributed by atoms with Crippen LogP contribution in [0.5, 0.6) is 0 Å². The molecular weight excluding hydrogens is 204 g/mol. The van der Waals surface area contributed by atoms with Crippen molar-refractivity contribution in [1.29, 1.82) is 0 Å². The summed E-state index contributed by atoms with van der Waals surface area (Å²) in [5.41, 5.74) is 0. The van der Waals surface area contributed by atoms with Crippen LogP contribution >= 0.6 is 12.2 Å². The van der Waals surface area contributed by atoms with Crippen LogP contribution in [0.1, 0.15) is 45.4 Å². The molecule has 1 saturated heterocycles. The largest absolute Gasteiger partial charge is 0.366 e. The van der Waals surface area contributed by atoms with Crippen LogP contribution < -0.4 is 5.32 Å². The molecule has 1 aliphatic rings. The van der Waals surface area contributed by atoms with Crippen LogP contribution in [0.4, 0.5) is 0 Å². The van der Waals surface area contributed by atoms with Crippen LogP contribution in [0.25, 0.3) is 0 Å². The minimum Gasteiger partial charge on any atom is -0.366 e. The predicted octanol–water partition coefficient (Wildman–Crippen LogP) is 2.58. The minimum absolute atomic E-state index is 0.708. The van der Waals surface area contributed by atoms with Crippen molar-refractivity contribution >= 4 is 17.2 Å². The van der Waals surface area contributed by atoms with Crippen molar-refractivity contribution in [1.82, 2.24) is 10.2 Å². The van der Waals surface area contributed by atoms with Crippen molar-refractivity contribution < 1.29 is 0 Å². The van der Waals surface area contributed by atoms with E-state index in [1.54, 1.807) is 0 Å². The molecule has 0 bridgehead atoms. The van der Waals surface area contributed by atoms with Gasteiger partial charge in [0.2, 0.25) is 0 Å². The zero-order valence-corrected chi connectivity index (χ0v) is 10.9. The number of hydrogen-bond donors (Lipinski definition) is 1. The Kier molecular flexibility index (Phi) is 6.18. The lowest BCUT2D eigenvalue weighted by Crippen LogP contribution is -2.43. The van der Waals surface area contributed by atoms with Crippen molar-refractivity contribution in [3.63, 3.8) is 0 Å². The summed E-state index contributed by atoms with van der Waals surface area (Å²) in [7, 11) is 2.06. The number of unbranched alkanes of at least 4 members (excludes halogenated alkanes) is 2. The molecule has 2 nitrogen and oxygen atoms in total. The molecule has 0 aromatic rings. The molecule has 3 heteroatoms. The predicted molar refractivity (Wildman–Crippen MR) is 70.4 cm³/mol. The molecule has 0 atom stereocenters. The van der Waals surface area contributed by atoms with Gasteiger partial charge in [0.1, 0.15) is 0 Å². The highest BCUT2D eigenvalue weighted by Gasteiger charge is 2.18. The Morgan fingerprint density at radius 3 is 2.53 bits per heavy atom. The highest BCUT2D eigenvalue weighted by atomic mass is 32.1. The summed E-state index contributed by atoms with van der Waals surface area (Å²) in [4.78, 5) is 3.59. The standard InChI is InChI=1S/C12H24N2S/c1-3-4-5-6-12(15)14-9-7-11(13-2)8-10-14/h11,13H,3-10H2,1-2H3. The van der Waals surface area contributed by atoms with E-state index in [0.717, 1.165) is 19.5 Å². The lowest BCUT2D eigenvalue weighted by atomic mass is 10.0. The van der Waals surface area contributed by atoms with Gasteiger partial charge in [-0.3, -0.25) is 0 Å². The third kappa shape index (κ3) is 4.47.